The minimum Gasteiger partial charge on any atom is -0.479 e. The van der Waals surface area contributed by atoms with Crippen molar-refractivity contribution >= 4 is 17.2 Å². The maximum absolute atomic E-state index is 9.91. The smallest absolute Gasteiger partial charge is 0.166 e. The zero-order valence-electron chi connectivity index (χ0n) is 21.1. The zero-order valence-corrected chi connectivity index (χ0v) is 21.9. The molecule has 0 amide bonds. The molecule has 0 aliphatic carbocycles. The van der Waals surface area contributed by atoms with Crippen LogP contribution in [0.3, 0.4) is 0 Å². The highest BCUT2D eigenvalue weighted by molar-refractivity contribution is 7.15. The van der Waals surface area contributed by atoms with Crippen LogP contribution in [0.15, 0.2) is 42.7 Å². The molecule has 1 aliphatic heterocycles. The van der Waals surface area contributed by atoms with E-state index < -0.39 is 11.2 Å². The molecule has 0 spiro atoms. The highest BCUT2D eigenvalue weighted by atomic mass is 32.1. The summed E-state index contributed by atoms with van der Waals surface area (Å²) in [5, 5.41) is 11.1. The quantitative estimate of drug-likeness (QED) is 0.488. The van der Waals surface area contributed by atoms with E-state index in [4.69, 9.17) is 15.5 Å². The molecule has 1 aromatic carbocycles. The number of nitrogens with two attached hydrogens (primary N) is 1. The van der Waals surface area contributed by atoms with E-state index in [1.807, 2.05) is 50.4 Å². The molecule has 1 aliphatic rings. The summed E-state index contributed by atoms with van der Waals surface area (Å²) in [4.78, 5) is 12.6. The summed E-state index contributed by atoms with van der Waals surface area (Å²) in [6.07, 6.45) is 6.01. The van der Waals surface area contributed by atoms with Crippen molar-refractivity contribution in [2.24, 2.45) is 0 Å². The highest BCUT2D eigenvalue weighted by Gasteiger charge is 2.25. The SMILES string of the molecule is CN1CCC(c2ncc(-c3cnc(N)c(OC(C)(C)c4cccc(C#CC(C)(C)O)c4)c3)s2)CC1. The van der Waals surface area contributed by atoms with Gasteiger partial charge >= 0.3 is 0 Å². The topological polar surface area (TPSA) is 84.5 Å². The lowest BCUT2D eigenvalue weighted by Crippen LogP contribution is -2.29. The summed E-state index contributed by atoms with van der Waals surface area (Å²) in [7, 11) is 2.17. The number of benzene rings is 1. The number of pyridine rings is 1. The van der Waals surface area contributed by atoms with Gasteiger partial charge in [0.1, 0.15) is 11.2 Å². The van der Waals surface area contributed by atoms with Gasteiger partial charge in [0.2, 0.25) is 0 Å². The predicted octanol–water partition coefficient (Wildman–Crippen LogP) is 5.03. The number of piperidine rings is 1. The van der Waals surface area contributed by atoms with E-state index in [1.54, 1.807) is 31.4 Å². The number of anilines is 1. The van der Waals surface area contributed by atoms with Crippen molar-refractivity contribution in [1.29, 1.82) is 0 Å². The van der Waals surface area contributed by atoms with Gasteiger partial charge < -0.3 is 20.5 Å². The molecule has 0 saturated carbocycles. The first-order valence-corrected chi connectivity index (χ1v) is 12.8. The van der Waals surface area contributed by atoms with Gasteiger partial charge in [-0.2, -0.15) is 0 Å². The van der Waals surface area contributed by atoms with Crippen LogP contribution >= 0.6 is 11.3 Å². The summed E-state index contributed by atoms with van der Waals surface area (Å²) in [5.41, 5.74) is 7.20. The van der Waals surface area contributed by atoms with Crippen LogP contribution in [0.2, 0.25) is 0 Å². The van der Waals surface area contributed by atoms with Crippen LogP contribution in [0.25, 0.3) is 10.4 Å². The van der Waals surface area contributed by atoms with Crippen LogP contribution in [0.1, 0.15) is 62.6 Å². The van der Waals surface area contributed by atoms with Crippen molar-refractivity contribution in [2.75, 3.05) is 25.9 Å². The van der Waals surface area contributed by atoms with Crippen LogP contribution in [-0.2, 0) is 5.60 Å². The third-order valence-electron chi connectivity index (χ3n) is 6.19. The monoisotopic (exact) mass is 490 g/mol. The molecule has 3 N–H and O–H groups in total. The van der Waals surface area contributed by atoms with Gasteiger partial charge in [-0.05, 0) is 84.4 Å². The van der Waals surface area contributed by atoms with Crippen molar-refractivity contribution in [1.82, 2.24) is 14.9 Å². The molecule has 0 unspecified atom stereocenters. The largest absolute Gasteiger partial charge is 0.479 e. The molecule has 184 valence electrons. The average Bonchev–Trinajstić information content (AvgIpc) is 3.30. The van der Waals surface area contributed by atoms with E-state index in [9.17, 15) is 5.11 Å². The lowest BCUT2D eigenvalue weighted by molar-refractivity contribution is 0.109. The fourth-order valence-electron chi connectivity index (χ4n) is 4.07. The molecule has 0 bridgehead atoms. The first-order valence-electron chi connectivity index (χ1n) is 12.0. The molecule has 6 nitrogen and oxygen atoms in total. The van der Waals surface area contributed by atoms with Crippen molar-refractivity contribution in [3.8, 4) is 28.0 Å². The molecule has 1 saturated heterocycles. The Balaban J connectivity index is 1.55. The Morgan fingerprint density at radius 3 is 2.57 bits per heavy atom. The molecule has 4 rings (SSSR count). The Labute approximate surface area is 212 Å². The average molecular weight is 491 g/mol. The summed E-state index contributed by atoms with van der Waals surface area (Å²) < 4.78 is 6.41. The molecule has 0 atom stereocenters. The van der Waals surface area contributed by atoms with Crippen molar-refractivity contribution in [3.63, 3.8) is 0 Å². The number of aliphatic hydroxyl groups is 1. The second-order valence-electron chi connectivity index (χ2n) is 10.2. The number of nitrogens with zero attached hydrogens (tertiary/aromatic N) is 3. The number of hydrogen-bond acceptors (Lipinski definition) is 7. The number of hydrogen-bond donors (Lipinski definition) is 2. The minimum atomic E-state index is -1.05. The Morgan fingerprint density at radius 1 is 1.11 bits per heavy atom. The van der Waals surface area contributed by atoms with Crippen LogP contribution in [0.4, 0.5) is 5.82 Å². The van der Waals surface area contributed by atoms with Gasteiger partial charge in [0.05, 0.1) is 9.88 Å². The second-order valence-corrected chi connectivity index (χ2v) is 11.3. The second kappa shape index (κ2) is 9.98. The lowest BCUT2D eigenvalue weighted by Gasteiger charge is -2.28. The maximum Gasteiger partial charge on any atom is 0.166 e. The molecule has 3 heterocycles. The Kier molecular flexibility index (Phi) is 7.18. The van der Waals surface area contributed by atoms with E-state index in [0.717, 1.165) is 47.5 Å². The van der Waals surface area contributed by atoms with Gasteiger partial charge in [0.25, 0.3) is 0 Å². The third-order valence-corrected chi connectivity index (χ3v) is 7.40. The van der Waals surface area contributed by atoms with Gasteiger partial charge in [0.15, 0.2) is 11.6 Å². The first kappa shape index (κ1) is 25.2. The van der Waals surface area contributed by atoms with E-state index in [0.29, 0.717) is 17.5 Å². The van der Waals surface area contributed by atoms with E-state index >= 15 is 0 Å². The first-order chi connectivity index (χ1) is 16.5. The molecule has 3 aromatic rings. The number of thiazole rings is 1. The van der Waals surface area contributed by atoms with Crippen molar-refractivity contribution < 1.29 is 9.84 Å². The predicted molar refractivity (Wildman–Crippen MR) is 143 cm³/mol. The molecule has 1 fully saturated rings. The van der Waals surface area contributed by atoms with Crippen LogP contribution in [0.5, 0.6) is 5.75 Å². The number of ether oxygens (including phenoxy) is 1. The van der Waals surface area contributed by atoms with Gasteiger partial charge in [-0.25, -0.2) is 9.97 Å². The summed E-state index contributed by atoms with van der Waals surface area (Å²) in [5.74, 6) is 7.30. The van der Waals surface area contributed by atoms with Crippen LogP contribution < -0.4 is 10.5 Å². The number of aromatic nitrogens is 2. The third kappa shape index (κ3) is 6.40. The molecule has 0 radical (unpaired) electrons. The zero-order chi connectivity index (χ0) is 25.2. The van der Waals surface area contributed by atoms with Crippen LogP contribution in [-0.4, -0.2) is 45.7 Å². The lowest BCUT2D eigenvalue weighted by atomic mass is 9.96. The maximum atomic E-state index is 9.91. The normalized spacial score (nSPS) is 15.5. The Morgan fingerprint density at radius 2 is 1.86 bits per heavy atom. The minimum absolute atomic E-state index is 0.347. The molecule has 2 aromatic heterocycles. The van der Waals surface area contributed by atoms with E-state index in [-0.39, 0.29) is 0 Å². The summed E-state index contributed by atoms with van der Waals surface area (Å²) in [6.45, 7) is 9.54. The van der Waals surface area contributed by atoms with Crippen molar-refractivity contribution in [2.45, 2.75) is 57.7 Å². The van der Waals surface area contributed by atoms with E-state index in [2.05, 4.69) is 28.8 Å². The molecular weight excluding hydrogens is 456 g/mol. The number of likely N-dealkylation sites (tertiary alicyclic amines) is 1. The fraction of sp³-hybridized carbons (Fsp3) is 0.429. The van der Waals surface area contributed by atoms with Crippen molar-refractivity contribution in [3.05, 3.63) is 58.9 Å². The number of rotatable bonds is 5. The molecule has 7 heteroatoms. The fourth-order valence-corrected chi connectivity index (χ4v) is 5.14. The molecular formula is C28H34N4O2S. The highest BCUT2D eigenvalue weighted by Crippen LogP contribution is 2.38. The Hall–Kier alpha value is -2.92. The Bertz CT molecular complexity index is 1240. The van der Waals surface area contributed by atoms with Gasteiger partial charge in [-0.15, -0.1) is 11.3 Å². The summed E-state index contributed by atoms with van der Waals surface area (Å²) in [6, 6.07) is 9.78. The van der Waals surface area contributed by atoms with Gasteiger partial charge in [-0.3, -0.25) is 0 Å². The summed E-state index contributed by atoms with van der Waals surface area (Å²) >= 11 is 1.73. The molecule has 35 heavy (non-hydrogen) atoms. The standard InChI is InChI=1S/C28H34N4O2S/c1-27(2,33)12-9-19-7-6-8-22(15-19)28(3,4)34-23-16-21(17-30-25(23)29)24-18-31-26(35-24)20-10-13-32(5)14-11-20/h6-8,15-18,20,33H,10-11,13-14H2,1-5H3,(H2,29,30). The van der Waals surface area contributed by atoms with Gasteiger partial charge in [0, 0.05) is 29.4 Å². The van der Waals surface area contributed by atoms with E-state index in [1.165, 1.54) is 5.01 Å². The van der Waals surface area contributed by atoms with Crippen LogP contribution in [0, 0.1) is 11.8 Å². The number of nitrogen functional groups attached to an aromatic ring is 1. The van der Waals surface area contributed by atoms with Gasteiger partial charge in [-0.1, -0.05) is 24.0 Å².